The molecule has 60 valence electrons. The molecular weight excluding hydrogens is 138 g/mol. The van der Waals surface area contributed by atoms with Gasteiger partial charge in [0.15, 0.2) is 5.54 Å². The molecule has 0 spiro atoms. The largest absolute Gasteiger partial charge is 0.196 e. The topological polar surface area (TPSA) is 48.5 Å². The van der Waals surface area contributed by atoms with E-state index in [2.05, 4.69) is 16.3 Å². The smallest absolute Gasteiger partial charge is 0.167 e. The molecule has 0 amide bonds. The van der Waals surface area contributed by atoms with Crippen LogP contribution in [0.1, 0.15) is 32.1 Å². The van der Waals surface area contributed by atoms with Crippen LogP contribution in [-0.4, -0.2) is 12.6 Å². The quantitative estimate of drug-likeness (QED) is 0.530. The molecule has 1 aliphatic rings. The summed E-state index contributed by atoms with van der Waals surface area (Å²) in [6.07, 6.45) is 5.25. The number of nitrogens with zero attached hydrogens (tertiary/aromatic N) is 3. The number of hydrogen-bond donors (Lipinski definition) is 0. The average molecular weight is 151 g/mol. The van der Waals surface area contributed by atoms with Gasteiger partial charge in [-0.05, 0) is 25.7 Å². The third kappa shape index (κ3) is 1.76. The monoisotopic (exact) mass is 151 g/mol. The molecule has 0 radical (unpaired) electrons. The van der Waals surface area contributed by atoms with E-state index in [9.17, 15) is 0 Å². The van der Waals surface area contributed by atoms with E-state index in [0.29, 0.717) is 0 Å². The molecule has 0 atom stereocenters. The lowest BCUT2D eigenvalue weighted by Gasteiger charge is -2.24. The van der Waals surface area contributed by atoms with Crippen LogP contribution in [0.2, 0.25) is 0 Å². The Morgan fingerprint density at radius 1 is 1.27 bits per heavy atom. The lowest BCUT2D eigenvalue weighted by atomic mass is 9.84. The number of hydrogen-bond acceptors (Lipinski definition) is 3. The Bertz CT molecular complexity index is 184. The van der Waals surface area contributed by atoms with E-state index in [-0.39, 0.29) is 0 Å². The fraction of sp³-hybridized carbons (Fsp3) is 0.875. The zero-order valence-corrected chi connectivity index (χ0v) is 6.88. The maximum Gasteiger partial charge on any atom is 0.167 e. The first-order chi connectivity index (χ1) is 5.33. The van der Waals surface area contributed by atoms with E-state index in [1.165, 1.54) is 6.42 Å². The van der Waals surface area contributed by atoms with Crippen LogP contribution in [0.15, 0.2) is 10.2 Å². The highest BCUT2D eigenvalue weighted by molar-refractivity contribution is 5.07. The van der Waals surface area contributed by atoms with Crippen molar-refractivity contribution >= 4 is 0 Å². The van der Waals surface area contributed by atoms with Crippen molar-refractivity contribution in [1.82, 2.24) is 0 Å². The first kappa shape index (κ1) is 8.19. The summed E-state index contributed by atoms with van der Waals surface area (Å²) < 4.78 is 0. The minimum atomic E-state index is -0.465. The molecule has 0 N–H and O–H groups in total. The van der Waals surface area contributed by atoms with Gasteiger partial charge >= 0.3 is 0 Å². The van der Waals surface area contributed by atoms with Crippen LogP contribution < -0.4 is 0 Å². The first-order valence-corrected chi connectivity index (χ1v) is 4.05. The second-order valence-corrected chi connectivity index (χ2v) is 3.00. The highest BCUT2D eigenvalue weighted by Gasteiger charge is 2.31. The highest BCUT2D eigenvalue weighted by Crippen LogP contribution is 2.30. The minimum absolute atomic E-state index is 0.465. The van der Waals surface area contributed by atoms with E-state index < -0.39 is 5.54 Å². The van der Waals surface area contributed by atoms with Gasteiger partial charge in [-0.2, -0.15) is 15.5 Å². The zero-order valence-electron chi connectivity index (χ0n) is 6.88. The van der Waals surface area contributed by atoms with Gasteiger partial charge in [0.05, 0.1) is 6.07 Å². The Balaban J connectivity index is 2.66. The second-order valence-electron chi connectivity index (χ2n) is 3.00. The van der Waals surface area contributed by atoms with Gasteiger partial charge < -0.3 is 0 Å². The predicted molar refractivity (Wildman–Crippen MR) is 42.2 cm³/mol. The molecule has 0 saturated heterocycles. The van der Waals surface area contributed by atoms with Crippen LogP contribution >= 0.6 is 0 Å². The molecule has 3 heteroatoms. The zero-order chi connectivity index (χ0) is 8.16. The summed E-state index contributed by atoms with van der Waals surface area (Å²) in [6, 6.07) is 2.26. The SMILES string of the molecule is CN=NC1(C#N)CCCCC1. The van der Waals surface area contributed by atoms with Crippen molar-refractivity contribution in [3.05, 3.63) is 0 Å². The van der Waals surface area contributed by atoms with Gasteiger partial charge in [-0.3, -0.25) is 0 Å². The van der Waals surface area contributed by atoms with Gasteiger partial charge in [-0.15, -0.1) is 0 Å². The van der Waals surface area contributed by atoms with E-state index in [1.54, 1.807) is 7.05 Å². The molecule has 1 aliphatic carbocycles. The van der Waals surface area contributed by atoms with Crippen molar-refractivity contribution in [2.45, 2.75) is 37.6 Å². The molecule has 0 aromatic carbocycles. The lowest BCUT2D eigenvalue weighted by Crippen LogP contribution is -2.26. The predicted octanol–water partition coefficient (Wildman–Crippen LogP) is 2.29. The average Bonchev–Trinajstić information content (AvgIpc) is 2.07. The van der Waals surface area contributed by atoms with Gasteiger partial charge in [0.2, 0.25) is 0 Å². The molecule has 0 unspecified atom stereocenters. The summed E-state index contributed by atoms with van der Waals surface area (Å²) in [5.41, 5.74) is -0.465. The molecule has 11 heavy (non-hydrogen) atoms. The van der Waals surface area contributed by atoms with Crippen molar-refractivity contribution in [2.75, 3.05) is 7.05 Å². The van der Waals surface area contributed by atoms with Gasteiger partial charge in [-0.1, -0.05) is 6.42 Å². The van der Waals surface area contributed by atoms with Crippen LogP contribution in [0.4, 0.5) is 0 Å². The molecule has 0 heterocycles. The summed E-state index contributed by atoms with van der Waals surface area (Å²) in [5.74, 6) is 0. The molecule has 0 aliphatic heterocycles. The molecule has 1 rings (SSSR count). The summed E-state index contributed by atoms with van der Waals surface area (Å²) in [6.45, 7) is 0. The number of azo groups is 1. The standard InChI is InChI=1S/C8H13N3/c1-10-11-8(7-9)5-3-2-4-6-8/h2-6H2,1H3. The summed E-state index contributed by atoms with van der Waals surface area (Å²) >= 11 is 0. The third-order valence-electron chi connectivity index (χ3n) is 2.18. The fourth-order valence-corrected chi connectivity index (χ4v) is 1.56. The van der Waals surface area contributed by atoms with E-state index in [4.69, 9.17) is 5.26 Å². The Kier molecular flexibility index (Phi) is 2.58. The summed E-state index contributed by atoms with van der Waals surface area (Å²) in [7, 11) is 1.63. The maximum absolute atomic E-state index is 8.87. The van der Waals surface area contributed by atoms with Crippen molar-refractivity contribution < 1.29 is 0 Å². The molecular formula is C8H13N3. The molecule has 1 fully saturated rings. The van der Waals surface area contributed by atoms with Crippen LogP contribution in [0.25, 0.3) is 0 Å². The number of nitriles is 1. The van der Waals surface area contributed by atoms with Crippen LogP contribution in [0.3, 0.4) is 0 Å². The van der Waals surface area contributed by atoms with Gasteiger partial charge in [0.25, 0.3) is 0 Å². The minimum Gasteiger partial charge on any atom is -0.196 e. The second kappa shape index (κ2) is 3.47. The maximum atomic E-state index is 8.87. The molecule has 0 bridgehead atoms. The van der Waals surface area contributed by atoms with Crippen LogP contribution in [-0.2, 0) is 0 Å². The normalized spacial score (nSPS) is 23.3. The van der Waals surface area contributed by atoms with Crippen molar-refractivity contribution in [3.8, 4) is 6.07 Å². The Hall–Kier alpha value is -0.910. The van der Waals surface area contributed by atoms with Crippen LogP contribution in [0.5, 0.6) is 0 Å². The lowest BCUT2D eigenvalue weighted by molar-refractivity contribution is 0.356. The van der Waals surface area contributed by atoms with Gasteiger partial charge in [0.1, 0.15) is 0 Å². The summed E-state index contributed by atoms with van der Waals surface area (Å²) in [4.78, 5) is 0. The van der Waals surface area contributed by atoms with Crippen molar-refractivity contribution in [1.29, 1.82) is 5.26 Å². The molecule has 3 nitrogen and oxygen atoms in total. The van der Waals surface area contributed by atoms with Gasteiger partial charge in [-0.25, -0.2) is 0 Å². The molecule has 0 aromatic rings. The van der Waals surface area contributed by atoms with E-state index in [0.717, 1.165) is 25.7 Å². The van der Waals surface area contributed by atoms with E-state index in [1.807, 2.05) is 0 Å². The molecule has 0 aromatic heterocycles. The fourth-order valence-electron chi connectivity index (χ4n) is 1.56. The Morgan fingerprint density at radius 3 is 2.36 bits per heavy atom. The third-order valence-corrected chi connectivity index (χ3v) is 2.18. The first-order valence-electron chi connectivity index (χ1n) is 4.05. The van der Waals surface area contributed by atoms with Crippen molar-refractivity contribution in [3.63, 3.8) is 0 Å². The Labute approximate surface area is 67.1 Å². The highest BCUT2D eigenvalue weighted by atomic mass is 15.1. The number of rotatable bonds is 1. The van der Waals surface area contributed by atoms with Gasteiger partial charge in [0, 0.05) is 7.05 Å². The van der Waals surface area contributed by atoms with Crippen LogP contribution in [0, 0.1) is 11.3 Å². The summed E-state index contributed by atoms with van der Waals surface area (Å²) in [5, 5.41) is 16.6. The van der Waals surface area contributed by atoms with E-state index >= 15 is 0 Å². The molecule has 1 saturated carbocycles. The Morgan fingerprint density at radius 2 is 1.91 bits per heavy atom. The van der Waals surface area contributed by atoms with Crippen molar-refractivity contribution in [2.24, 2.45) is 10.2 Å².